The van der Waals surface area contributed by atoms with Crippen molar-refractivity contribution in [2.75, 3.05) is 5.32 Å². The van der Waals surface area contributed by atoms with Crippen molar-refractivity contribution < 1.29 is 22.7 Å². The van der Waals surface area contributed by atoms with Crippen LogP contribution in [0.5, 0.6) is 0 Å². The van der Waals surface area contributed by atoms with E-state index in [4.69, 9.17) is 22.1 Å². The normalized spacial score (nSPS) is 25.5. The van der Waals surface area contributed by atoms with E-state index in [1.807, 2.05) is 0 Å². The van der Waals surface area contributed by atoms with Crippen LogP contribution in [0.1, 0.15) is 16.1 Å². The number of rotatable bonds is 4. The highest BCUT2D eigenvalue weighted by Crippen LogP contribution is 2.59. The van der Waals surface area contributed by atoms with Gasteiger partial charge in [0.2, 0.25) is 0 Å². The third-order valence-electron chi connectivity index (χ3n) is 4.37. The van der Waals surface area contributed by atoms with Gasteiger partial charge in [-0.2, -0.15) is 0 Å². The van der Waals surface area contributed by atoms with Gasteiger partial charge in [0, 0.05) is 17.4 Å². The van der Waals surface area contributed by atoms with Crippen LogP contribution in [0.15, 0.2) is 41.5 Å². The summed E-state index contributed by atoms with van der Waals surface area (Å²) in [5.41, 5.74) is 2.53. The lowest BCUT2D eigenvalue weighted by Crippen LogP contribution is -2.45. The Balaban J connectivity index is 1.70. The van der Waals surface area contributed by atoms with Crippen LogP contribution >= 0.6 is 23.4 Å². The number of amides is 1. The number of halogens is 4. The van der Waals surface area contributed by atoms with Gasteiger partial charge >= 0.3 is 0 Å². The molecule has 0 spiro atoms. The molecular formula is C17H12ClF3N4O2S. The number of aliphatic imine (C=N–C) groups is 1. The molecule has 2 aromatic rings. The van der Waals surface area contributed by atoms with Gasteiger partial charge < -0.3 is 15.8 Å². The Labute approximate surface area is 166 Å². The van der Waals surface area contributed by atoms with Crippen LogP contribution in [0.4, 0.5) is 18.9 Å². The molecule has 3 heterocycles. The highest BCUT2D eigenvalue weighted by molar-refractivity contribution is 8.07. The van der Waals surface area contributed by atoms with E-state index in [-0.39, 0.29) is 16.9 Å². The van der Waals surface area contributed by atoms with Crippen molar-refractivity contribution in [3.63, 3.8) is 0 Å². The van der Waals surface area contributed by atoms with Gasteiger partial charge in [-0.15, -0.1) is 11.8 Å². The number of nitrogens with zero attached hydrogens (tertiary/aromatic N) is 2. The van der Waals surface area contributed by atoms with Gasteiger partial charge in [0.05, 0.1) is 10.3 Å². The summed E-state index contributed by atoms with van der Waals surface area (Å²) in [6.45, 7) is 0. The third-order valence-corrected chi connectivity index (χ3v) is 5.81. The first kappa shape index (κ1) is 18.9. The summed E-state index contributed by atoms with van der Waals surface area (Å²) in [6.07, 6.45) is -1.74. The Morgan fingerprint density at radius 3 is 2.82 bits per heavy atom. The number of nitrogens with one attached hydrogen (secondary N) is 1. The molecule has 0 radical (unpaired) electrons. The number of carbonyl (C=O) groups is 1. The molecular weight excluding hydrogens is 417 g/mol. The first-order chi connectivity index (χ1) is 13.3. The zero-order valence-electron chi connectivity index (χ0n) is 13.9. The number of benzene rings is 1. The highest BCUT2D eigenvalue weighted by Gasteiger charge is 2.65. The number of aromatic nitrogens is 1. The van der Waals surface area contributed by atoms with Crippen molar-refractivity contribution in [2.45, 2.75) is 22.7 Å². The van der Waals surface area contributed by atoms with Crippen LogP contribution < -0.4 is 11.1 Å². The van der Waals surface area contributed by atoms with Gasteiger partial charge in [0.25, 0.3) is 18.4 Å². The smallest absolute Gasteiger partial charge is 0.284 e. The largest absolute Gasteiger partial charge is 0.450 e. The summed E-state index contributed by atoms with van der Waals surface area (Å²) >= 11 is 6.82. The van der Waals surface area contributed by atoms with Crippen LogP contribution in [0.25, 0.3) is 0 Å². The summed E-state index contributed by atoms with van der Waals surface area (Å²) in [5, 5.41) is 2.08. The maximum absolute atomic E-state index is 14.5. The van der Waals surface area contributed by atoms with Crippen molar-refractivity contribution in [3.05, 3.63) is 58.6 Å². The Morgan fingerprint density at radius 2 is 2.14 bits per heavy atom. The summed E-state index contributed by atoms with van der Waals surface area (Å²) in [6, 6.07) is 5.84. The highest BCUT2D eigenvalue weighted by atomic mass is 35.5. The van der Waals surface area contributed by atoms with Gasteiger partial charge in [-0.1, -0.05) is 11.6 Å². The van der Waals surface area contributed by atoms with Gasteiger partial charge in [-0.25, -0.2) is 23.1 Å². The number of hydrogen-bond donors (Lipinski definition) is 2. The molecule has 11 heteroatoms. The number of nitrogens with two attached hydrogens (primary N) is 1. The molecule has 4 rings (SSSR count). The molecule has 0 aliphatic carbocycles. The molecule has 6 nitrogen and oxygen atoms in total. The first-order valence-corrected chi connectivity index (χ1v) is 9.32. The van der Waals surface area contributed by atoms with Crippen LogP contribution in [0, 0.1) is 5.82 Å². The van der Waals surface area contributed by atoms with Crippen molar-refractivity contribution >= 4 is 41.0 Å². The molecule has 146 valence electrons. The van der Waals surface area contributed by atoms with E-state index in [1.165, 1.54) is 24.4 Å². The van der Waals surface area contributed by atoms with Crippen molar-refractivity contribution in [2.24, 2.45) is 10.7 Å². The molecule has 1 fully saturated rings. The van der Waals surface area contributed by atoms with E-state index in [0.717, 1.165) is 23.9 Å². The number of amidine groups is 1. The Bertz CT molecular complexity index is 975. The van der Waals surface area contributed by atoms with Gasteiger partial charge in [0.1, 0.15) is 11.5 Å². The quantitative estimate of drug-likeness (QED) is 0.729. The van der Waals surface area contributed by atoms with E-state index in [0.29, 0.717) is 5.02 Å². The fourth-order valence-electron chi connectivity index (χ4n) is 3.01. The van der Waals surface area contributed by atoms with E-state index >= 15 is 0 Å². The number of pyridine rings is 1. The molecule has 0 bridgehead atoms. The maximum atomic E-state index is 14.5. The number of carbonyl (C=O) groups excluding carboxylic acids is 1. The maximum Gasteiger partial charge on any atom is 0.284 e. The standard InChI is InChI=1S/C17H12ClF3N4O2S/c18-7-1-4-11(23-6-7)13(26)24-8-2-3-10(19)9(5-8)17(15(20)21)12-14(28-12)27-16(22)25-17/h1-6,12,14-15H,(H2,22,25)(H,24,26)/t12-,14+,17+/m0/s1. The fourth-order valence-corrected chi connectivity index (χ4v) is 4.23. The molecule has 3 atom stereocenters. The molecule has 0 saturated carbocycles. The minimum absolute atomic E-state index is 0.0602. The Morgan fingerprint density at radius 1 is 1.36 bits per heavy atom. The van der Waals surface area contributed by atoms with Crippen LogP contribution in [0.2, 0.25) is 5.02 Å². The average molecular weight is 429 g/mol. The lowest BCUT2D eigenvalue weighted by atomic mass is 9.86. The second-order valence-corrected chi connectivity index (χ2v) is 7.81. The molecule has 1 aromatic heterocycles. The fraction of sp³-hybridized carbons (Fsp3) is 0.235. The number of anilines is 1. The molecule has 1 saturated heterocycles. The van der Waals surface area contributed by atoms with Crippen LogP contribution in [-0.4, -0.2) is 34.0 Å². The topological polar surface area (TPSA) is 89.6 Å². The lowest BCUT2D eigenvalue weighted by Gasteiger charge is -2.32. The Hall–Kier alpha value is -2.46. The number of thioether (sulfide) groups is 1. The minimum Gasteiger partial charge on any atom is -0.450 e. The molecule has 2 aliphatic rings. The SMILES string of the molecule is NC1=N[C@@](c2cc(NC(=O)c3ccc(Cl)cn3)ccc2F)(C(F)F)[C@H]2S[C@H]2O1. The molecule has 28 heavy (non-hydrogen) atoms. The monoisotopic (exact) mass is 428 g/mol. The summed E-state index contributed by atoms with van der Waals surface area (Å²) < 4.78 is 47.8. The second-order valence-electron chi connectivity index (χ2n) is 6.13. The lowest BCUT2D eigenvalue weighted by molar-refractivity contribution is 0.0352. The first-order valence-electron chi connectivity index (χ1n) is 8.00. The third kappa shape index (κ3) is 3.16. The predicted molar refractivity (Wildman–Crippen MR) is 99.2 cm³/mol. The van der Waals surface area contributed by atoms with E-state index in [9.17, 15) is 18.0 Å². The molecule has 3 N–H and O–H groups in total. The molecule has 1 aromatic carbocycles. The van der Waals surface area contributed by atoms with Gasteiger partial charge in [-0.3, -0.25) is 4.79 Å². The molecule has 1 amide bonds. The Kier molecular flexibility index (Phi) is 4.62. The second kappa shape index (κ2) is 6.85. The zero-order valence-corrected chi connectivity index (χ0v) is 15.5. The summed E-state index contributed by atoms with van der Waals surface area (Å²) in [4.78, 5) is 20.0. The summed E-state index contributed by atoms with van der Waals surface area (Å²) in [7, 11) is 0. The van der Waals surface area contributed by atoms with Crippen LogP contribution in [-0.2, 0) is 10.3 Å². The molecule has 2 aliphatic heterocycles. The number of ether oxygens (including phenoxy) is 1. The molecule has 0 unspecified atom stereocenters. The number of hydrogen-bond acceptors (Lipinski definition) is 6. The average Bonchev–Trinajstić information content (AvgIpc) is 3.42. The van der Waals surface area contributed by atoms with E-state index < -0.39 is 40.4 Å². The van der Waals surface area contributed by atoms with Gasteiger partial charge in [0.15, 0.2) is 11.0 Å². The number of fused-ring (bicyclic) bond motifs is 1. The number of alkyl halides is 2. The van der Waals surface area contributed by atoms with Crippen LogP contribution in [0.3, 0.4) is 0 Å². The summed E-state index contributed by atoms with van der Waals surface area (Å²) in [5.74, 6) is -1.48. The predicted octanol–water partition coefficient (Wildman–Crippen LogP) is 3.37. The van der Waals surface area contributed by atoms with E-state index in [1.54, 1.807) is 0 Å². The minimum atomic E-state index is -3.03. The van der Waals surface area contributed by atoms with Gasteiger partial charge in [-0.05, 0) is 30.3 Å². The van der Waals surface area contributed by atoms with Crippen molar-refractivity contribution in [3.8, 4) is 0 Å². The van der Waals surface area contributed by atoms with E-state index in [2.05, 4.69) is 15.3 Å². The zero-order chi connectivity index (χ0) is 20.1. The van der Waals surface area contributed by atoms with Crippen molar-refractivity contribution in [1.29, 1.82) is 0 Å². The van der Waals surface area contributed by atoms with Crippen molar-refractivity contribution in [1.82, 2.24) is 4.98 Å².